The van der Waals surface area contributed by atoms with Crippen LogP contribution in [0, 0.1) is 5.92 Å². The molecule has 0 spiro atoms. The monoisotopic (exact) mass is 284 g/mol. The molecule has 0 aliphatic heterocycles. The molecule has 0 aromatic carbocycles. The molecule has 0 saturated heterocycles. The van der Waals surface area contributed by atoms with E-state index in [1.165, 1.54) is 0 Å². The molecule has 0 atom stereocenters. The molecule has 0 aromatic rings. The molecule has 5 nitrogen and oxygen atoms in total. The van der Waals surface area contributed by atoms with E-state index in [0.717, 1.165) is 44.9 Å². The lowest BCUT2D eigenvalue weighted by Crippen LogP contribution is -2.38. The Morgan fingerprint density at radius 3 is 2.45 bits per heavy atom. The fourth-order valence-corrected chi connectivity index (χ4v) is 2.64. The van der Waals surface area contributed by atoms with Crippen LogP contribution in [0.25, 0.3) is 0 Å². The van der Waals surface area contributed by atoms with Crippen molar-refractivity contribution in [2.24, 2.45) is 11.7 Å². The summed E-state index contributed by atoms with van der Waals surface area (Å²) in [4.78, 5) is 23.4. The lowest BCUT2D eigenvalue weighted by Gasteiger charge is -2.27. The molecule has 1 aliphatic rings. The number of rotatable bonds is 8. The lowest BCUT2D eigenvalue weighted by atomic mass is 9.86. The van der Waals surface area contributed by atoms with Crippen molar-refractivity contribution in [3.05, 3.63) is 0 Å². The highest BCUT2D eigenvalue weighted by atomic mass is 16.5. The summed E-state index contributed by atoms with van der Waals surface area (Å²) >= 11 is 0. The molecule has 1 aliphatic carbocycles. The van der Waals surface area contributed by atoms with Crippen LogP contribution >= 0.6 is 0 Å². The molecule has 0 unspecified atom stereocenters. The number of ether oxygens (including phenoxy) is 1. The van der Waals surface area contributed by atoms with E-state index < -0.39 is 0 Å². The fourth-order valence-electron chi connectivity index (χ4n) is 2.64. The number of nitrogens with two attached hydrogens (primary N) is 1. The third-order valence-electron chi connectivity index (χ3n) is 3.82. The molecule has 116 valence electrons. The van der Waals surface area contributed by atoms with Crippen molar-refractivity contribution < 1.29 is 14.3 Å². The molecular formula is C15H28N2O3. The number of nitrogens with one attached hydrogen (secondary N) is 1. The first kappa shape index (κ1) is 17.0. The Balaban J connectivity index is 2.15. The van der Waals surface area contributed by atoms with Crippen LogP contribution in [0.5, 0.6) is 0 Å². The van der Waals surface area contributed by atoms with Gasteiger partial charge in [0.15, 0.2) is 0 Å². The third-order valence-corrected chi connectivity index (χ3v) is 3.82. The second-order valence-corrected chi connectivity index (χ2v) is 5.47. The molecule has 0 aromatic heterocycles. The summed E-state index contributed by atoms with van der Waals surface area (Å²) < 4.78 is 5.04. The molecule has 0 heterocycles. The Morgan fingerprint density at radius 1 is 1.15 bits per heavy atom. The molecule has 1 fully saturated rings. The minimum absolute atomic E-state index is 0.0210. The quantitative estimate of drug-likeness (QED) is 0.525. The Morgan fingerprint density at radius 2 is 1.85 bits per heavy atom. The average molecular weight is 284 g/mol. The first-order valence-electron chi connectivity index (χ1n) is 7.83. The van der Waals surface area contributed by atoms with Crippen LogP contribution in [0.2, 0.25) is 0 Å². The van der Waals surface area contributed by atoms with Gasteiger partial charge in [0.2, 0.25) is 5.91 Å². The number of unbranched alkanes of at least 4 members (excludes halogenated alkanes) is 2. The summed E-state index contributed by atoms with van der Waals surface area (Å²) in [5.74, 6) is 0.0633. The number of carbonyl (C=O) groups is 2. The van der Waals surface area contributed by atoms with Crippen LogP contribution in [-0.4, -0.2) is 31.1 Å². The molecule has 1 rings (SSSR count). The molecule has 1 amide bonds. The first-order valence-corrected chi connectivity index (χ1v) is 7.83. The maximum absolute atomic E-state index is 11.8. The van der Waals surface area contributed by atoms with Gasteiger partial charge in [-0.15, -0.1) is 0 Å². The van der Waals surface area contributed by atoms with Gasteiger partial charge in [-0.1, -0.05) is 6.42 Å². The number of amides is 1. The van der Waals surface area contributed by atoms with E-state index in [1.54, 1.807) is 0 Å². The van der Waals surface area contributed by atoms with E-state index in [2.05, 4.69) is 5.32 Å². The predicted octanol–water partition coefficient (Wildman–Crippen LogP) is 1.74. The first-order chi connectivity index (χ1) is 9.67. The Bertz CT molecular complexity index is 299. The maximum atomic E-state index is 11.8. The standard InChI is InChI=1S/C15H28N2O3/c1-2-20-15(19)12-7-9-13(10-8-12)17-14(18)6-4-3-5-11-16/h12-13H,2-11,16H2,1H3,(H,17,18). The third kappa shape index (κ3) is 6.37. The van der Waals surface area contributed by atoms with Crippen molar-refractivity contribution in [1.29, 1.82) is 0 Å². The van der Waals surface area contributed by atoms with Gasteiger partial charge in [0, 0.05) is 12.5 Å². The smallest absolute Gasteiger partial charge is 0.308 e. The Kier molecular flexibility index (Phi) is 8.26. The lowest BCUT2D eigenvalue weighted by molar-refractivity contribution is -0.149. The molecule has 3 N–H and O–H groups in total. The van der Waals surface area contributed by atoms with Crippen molar-refractivity contribution in [2.45, 2.75) is 64.3 Å². The van der Waals surface area contributed by atoms with Crippen LogP contribution in [0.3, 0.4) is 0 Å². The summed E-state index contributed by atoms with van der Waals surface area (Å²) in [5.41, 5.74) is 5.42. The SMILES string of the molecule is CCOC(=O)C1CCC(NC(=O)CCCCCN)CC1. The summed E-state index contributed by atoms with van der Waals surface area (Å²) in [6.07, 6.45) is 6.86. The zero-order valence-corrected chi connectivity index (χ0v) is 12.5. The highest BCUT2D eigenvalue weighted by Gasteiger charge is 2.27. The Hall–Kier alpha value is -1.10. The molecular weight excluding hydrogens is 256 g/mol. The molecule has 0 radical (unpaired) electrons. The van der Waals surface area contributed by atoms with Gasteiger partial charge in [0.1, 0.15) is 0 Å². The van der Waals surface area contributed by atoms with Gasteiger partial charge in [-0.05, 0) is 52.0 Å². The van der Waals surface area contributed by atoms with Gasteiger partial charge in [0.25, 0.3) is 0 Å². The van der Waals surface area contributed by atoms with E-state index in [4.69, 9.17) is 10.5 Å². The van der Waals surface area contributed by atoms with Crippen molar-refractivity contribution in [3.8, 4) is 0 Å². The van der Waals surface area contributed by atoms with E-state index in [9.17, 15) is 9.59 Å². The zero-order valence-electron chi connectivity index (χ0n) is 12.5. The fraction of sp³-hybridized carbons (Fsp3) is 0.867. The van der Waals surface area contributed by atoms with E-state index in [-0.39, 0.29) is 23.8 Å². The summed E-state index contributed by atoms with van der Waals surface area (Å²) in [6.45, 7) is 2.96. The van der Waals surface area contributed by atoms with Gasteiger partial charge < -0.3 is 15.8 Å². The summed E-state index contributed by atoms with van der Waals surface area (Å²) in [5, 5.41) is 3.06. The second-order valence-electron chi connectivity index (χ2n) is 5.47. The molecule has 5 heteroatoms. The molecule has 20 heavy (non-hydrogen) atoms. The maximum Gasteiger partial charge on any atom is 0.308 e. The van der Waals surface area contributed by atoms with Crippen LogP contribution in [0.15, 0.2) is 0 Å². The predicted molar refractivity (Wildman–Crippen MR) is 78.0 cm³/mol. The second kappa shape index (κ2) is 9.75. The number of hydrogen-bond donors (Lipinski definition) is 2. The topological polar surface area (TPSA) is 81.4 Å². The van der Waals surface area contributed by atoms with Crippen molar-refractivity contribution in [3.63, 3.8) is 0 Å². The van der Waals surface area contributed by atoms with Crippen molar-refractivity contribution in [1.82, 2.24) is 5.32 Å². The van der Waals surface area contributed by atoms with Crippen LogP contribution < -0.4 is 11.1 Å². The van der Waals surface area contributed by atoms with Gasteiger partial charge in [-0.25, -0.2) is 0 Å². The highest BCUT2D eigenvalue weighted by molar-refractivity contribution is 5.76. The minimum Gasteiger partial charge on any atom is -0.466 e. The molecule has 1 saturated carbocycles. The van der Waals surface area contributed by atoms with E-state index in [1.807, 2.05) is 6.92 Å². The number of carbonyl (C=O) groups excluding carboxylic acids is 2. The largest absolute Gasteiger partial charge is 0.466 e. The van der Waals surface area contributed by atoms with E-state index >= 15 is 0 Å². The number of esters is 1. The van der Waals surface area contributed by atoms with E-state index in [0.29, 0.717) is 19.6 Å². The minimum atomic E-state index is -0.0842. The van der Waals surface area contributed by atoms with Crippen LogP contribution in [-0.2, 0) is 14.3 Å². The van der Waals surface area contributed by atoms with Gasteiger partial charge in [0.05, 0.1) is 12.5 Å². The number of hydrogen-bond acceptors (Lipinski definition) is 4. The highest BCUT2D eigenvalue weighted by Crippen LogP contribution is 2.25. The van der Waals surface area contributed by atoms with Crippen molar-refractivity contribution >= 4 is 11.9 Å². The normalized spacial score (nSPS) is 22.3. The average Bonchev–Trinajstić information content (AvgIpc) is 2.45. The van der Waals surface area contributed by atoms with Crippen molar-refractivity contribution in [2.75, 3.05) is 13.2 Å². The van der Waals surface area contributed by atoms with Crippen LogP contribution in [0.4, 0.5) is 0 Å². The zero-order chi connectivity index (χ0) is 14.8. The molecule has 0 bridgehead atoms. The van der Waals surface area contributed by atoms with Gasteiger partial charge in [-0.3, -0.25) is 9.59 Å². The summed E-state index contributed by atoms with van der Waals surface area (Å²) in [6, 6.07) is 0.225. The summed E-state index contributed by atoms with van der Waals surface area (Å²) in [7, 11) is 0. The van der Waals surface area contributed by atoms with Gasteiger partial charge in [-0.2, -0.15) is 0 Å². The van der Waals surface area contributed by atoms with Gasteiger partial charge >= 0.3 is 5.97 Å². The van der Waals surface area contributed by atoms with Crippen LogP contribution in [0.1, 0.15) is 58.3 Å². The Labute approximate surface area is 121 Å².